The van der Waals surface area contributed by atoms with Crippen molar-refractivity contribution in [3.05, 3.63) is 57.2 Å². The Morgan fingerprint density at radius 2 is 1.68 bits per heavy atom. The van der Waals surface area contributed by atoms with Crippen LogP contribution in [-0.4, -0.2) is 63.7 Å². The van der Waals surface area contributed by atoms with Crippen LogP contribution in [0, 0.1) is 10.5 Å². The molecule has 0 saturated heterocycles. The Balaban J connectivity index is 1.80. The molecule has 2 aromatic rings. The number of carboxylic acid groups (broad SMARTS) is 1. The van der Waals surface area contributed by atoms with Crippen LogP contribution in [0.5, 0.6) is 5.75 Å². The van der Waals surface area contributed by atoms with Gasteiger partial charge in [0.25, 0.3) is 10.1 Å². The van der Waals surface area contributed by atoms with Gasteiger partial charge >= 0.3 is 12.1 Å². The number of aryl methyl sites for hydroxylation is 1. The molecular weight excluding hydrogens is 617 g/mol. The number of carbonyl (C=O) groups excluding carboxylic acids is 1. The molecule has 10 nitrogen and oxygen atoms in total. The fourth-order valence-electron chi connectivity index (χ4n) is 2.96. The maximum atomic E-state index is 12.1. The molecule has 2 aromatic carbocycles. The minimum Gasteiger partial charge on any atom is -0.491 e. The second-order valence-electron chi connectivity index (χ2n) is 9.04. The highest BCUT2D eigenvalue weighted by molar-refractivity contribution is 14.1. The molecule has 0 fully saturated rings. The third kappa shape index (κ3) is 11.2. The molecule has 37 heavy (non-hydrogen) atoms. The summed E-state index contributed by atoms with van der Waals surface area (Å²) in [5, 5.41) is 11.9. The number of nitrogens with one attached hydrogen (secondary N) is 1. The Labute approximate surface area is 230 Å². The van der Waals surface area contributed by atoms with Crippen molar-refractivity contribution in [1.82, 2.24) is 5.32 Å². The van der Waals surface area contributed by atoms with Gasteiger partial charge in [-0.2, -0.15) is 8.42 Å². The Morgan fingerprint density at radius 1 is 1.03 bits per heavy atom. The molecule has 2 N–H and O–H groups in total. The number of aliphatic carboxylic acids is 1. The first-order valence-corrected chi connectivity index (χ1v) is 13.9. The van der Waals surface area contributed by atoms with E-state index < -0.39 is 33.8 Å². The summed E-state index contributed by atoms with van der Waals surface area (Å²) in [6.07, 6.45) is -0.775. The van der Waals surface area contributed by atoms with Crippen molar-refractivity contribution >= 4 is 44.8 Å². The van der Waals surface area contributed by atoms with Gasteiger partial charge in [-0.25, -0.2) is 9.59 Å². The van der Waals surface area contributed by atoms with Crippen molar-refractivity contribution in [2.75, 3.05) is 26.4 Å². The van der Waals surface area contributed by atoms with E-state index in [1.807, 2.05) is 6.92 Å². The zero-order valence-electron chi connectivity index (χ0n) is 21.2. The van der Waals surface area contributed by atoms with Crippen LogP contribution < -0.4 is 10.1 Å². The molecule has 0 aliphatic heterocycles. The summed E-state index contributed by atoms with van der Waals surface area (Å²) in [7, 11) is -3.84. The second kappa shape index (κ2) is 13.9. The highest BCUT2D eigenvalue weighted by Crippen LogP contribution is 2.21. The Kier molecular flexibility index (Phi) is 11.6. The van der Waals surface area contributed by atoms with E-state index in [2.05, 4.69) is 27.9 Å². The maximum absolute atomic E-state index is 12.1. The number of benzene rings is 2. The standard InChI is InChI=1S/C25H32INO9S/c1-17-5-8-20(9-6-17)37(31,32)35-14-12-33-11-13-34-19-7-10-21(26)18(15-19)16-22(23(28)29)27-24(30)36-25(2,3)4/h5-10,15,22H,11-14,16H2,1-4H3,(H,27,30)(H,28,29)/t22-/m0/s1. The molecule has 0 spiro atoms. The molecule has 0 radical (unpaired) electrons. The zero-order chi connectivity index (χ0) is 27.6. The van der Waals surface area contributed by atoms with Gasteiger partial charge in [0.15, 0.2) is 0 Å². The van der Waals surface area contributed by atoms with E-state index in [4.69, 9.17) is 18.4 Å². The van der Waals surface area contributed by atoms with Crippen LogP contribution in [0.4, 0.5) is 4.79 Å². The first kappa shape index (κ1) is 30.8. The summed E-state index contributed by atoms with van der Waals surface area (Å²) < 4.78 is 46.3. The molecule has 0 heterocycles. The number of halogens is 1. The summed E-state index contributed by atoms with van der Waals surface area (Å²) in [4.78, 5) is 23.8. The Bertz CT molecular complexity index is 1160. The lowest BCUT2D eigenvalue weighted by Gasteiger charge is -2.22. The van der Waals surface area contributed by atoms with Gasteiger partial charge in [0.2, 0.25) is 0 Å². The maximum Gasteiger partial charge on any atom is 0.408 e. The number of ether oxygens (including phenoxy) is 3. The summed E-state index contributed by atoms with van der Waals surface area (Å²) in [5.74, 6) is -0.688. The largest absolute Gasteiger partial charge is 0.491 e. The molecule has 0 aromatic heterocycles. The van der Waals surface area contributed by atoms with Crippen LogP contribution in [0.2, 0.25) is 0 Å². The number of alkyl carbamates (subject to hydrolysis) is 1. The topological polar surface area (TPSA) is 137 Å². The van der Waals surface area contributed by atoms with Gasteiger partial charge in [0.05, 0.1) is 24.7 Å². The molecule has 0 bridgehead atoms. The molecule has 12 heteroatoms. The first-order chi connectivity index (χ1) is 17.3. The summed E-state index contributed by atoms with van der Waals surface area (Å²) in [6, 6.07) is 10.4. The van der Waals surface area contributed by atoms with Gasteiger partial charge in [-0.3, -0.25) is 4.18 Å². The number of hydrogen-bond donors (Lipinski definition) is 2. The Hall–Kier alpha value is -2.42. The second-order valence-corrected chi connectivity index (χ2v) is 11.8. The summed E-state index contributed by atoms with van der Waals surface area (Å²) >= 11 is 2.08. The van der Waals surface area contributed by atoms with E-state index in [9.17, 15) is 23.1 Å². The van der Waals surface area contributed by atoms with Crippen molar-refractivity contribution in [3.8, 4) is 5.75 Å². The van der Waals surface area contributed by atoms with Crippen molar-refractivity contribution in [2.45, 2.75) is 50.7 Å². The van der Waals surface area contributed by atoms with Crippen molar-refractivity contribution < 1.29 is 41.5 Å². The molecular formula is C25H32INO9S. The molecule has 0 unspecified atom stereocenters. The third-order valence-electron chi connectivity index (χ3n) is 4.70. The van der Waals surface area contributed by atoms with Gasteiger partial charge in [-0.1, -0.05) is 17.7 Å². The van der Waals surface area contributed by atoms with E-state index in [0.717, 1.165) is 9.13 Å². The van der Waals surface area contributed by atoms with Crippen LogP contribution in [0.15, 0.2) is 47.4 Å². The summed E-state index contributed by atoms with van der Waals surface area (Å²) in [5.41, 5.74) is 0.873. The van der Waals surface area contributed by atoms with Gasteiger partial charge in [-0.15, -0.1) is 0 Å². The molecule has 0 aliphatic carbocycles. The van der Waals surface area contributed by atoms with E-state index >= 15 is 0 Å². The van der Waals surface area contributed by atoms with Crippen LogP contribution in [0.1, 0.15) is 31.9 Å². The molecule has 1 atom stereocenters. The molecule has 204 valence electrons. The van der Waals surface area contributed by atoms with Gasteiger partial charge in [0.1, 0.15) is 24.0 Å². The van der Waals surface area contributed by atoms with E-state index in [0.29, 0.717) is 11.3 Å². The minimum absolute atomic E-state index is 0.0351. The fraction of sp³-hybridized carbons (Fsp3) is 0.440. The number of hydrogen-bond acceptors (Lipinski definition) is 8. The van der Waals surface area contributed by atoms with E-state index in [1.54, 1.807) is 51.1 Å². The third-order valence-corrected chi connectivity index (χ3v) is 7.08. The Morgan fingerprint density at radius 3 is 2.30 bits per heavy atom. The van der Waals surface area contributed by atoms with Crippen LogP contribution in [0.3, 0.4) is 0 Å². The SMILES string of the molecule is Cc1ccc(S(=O)(=O)OCCOCCOc2ccc(I)c(C[C@H](NC(=O)OC(C)(C)C)C(=O)O)c2)cc1. The average molecular weight is 650 g/mol. The monoisotopic (exact) mass is 649 g/mol. The lowest BCUT2D eigenvalue weighted by Crippen LogP contribution is -2.44. The zero-order valence-corrected chi connectivity index (χ0v) is 24.1. The minimum atomic E-state index is -3.84. The normalized spacial score (nSPS) is 12.6. The number of amides is 1. The van der Waals surface area contributed by atoms with Crippen molar-refractivity contribution in [1.29, 1.82) is 0 Å². The smallest absolute Gasteiger partial charge is 0.408 e. The average Bonchev–Trinajstić information content (AvgIpc) is 2.78. The van der Waals surface area contributed by atoms with Crippen molar-refractivity contribution in [2.24, 2.45) is 0 Å². The lowest BCUT2D eigenvalue weighted by atomic mass is 10.1. The van der Waals surface area contributed by atoms with Gasteiger partial charge < -0.3 is 24.6 Å². The molecule has 0 aliphatic rings. The molecule has 2 rings (SSSR count). The quantitative estimate of drug-likeness (QED) is 0.188. The number of carboxylic acids is 1. The van der Waals surface area contributed by atoms with E-state index in [-0.39, 0.29) is 37.7 Å². The summed E-state index contributed by atoms with van der Waals surface area (Å²) in [6.45, 7) is 7.23. The van der Waals surface area contributed by atoms with E-state index in [1.165, 1.54) is 12.1 Å². The number of rotatable bonds is 13. The van der Waals surface area contributed by atoms with Gasteiger partial charge in [0, 0.05) is 9.99 Å². The molecule has 1 amide bonds. The highest BCUT2D eigenvalue weighted by Gasteiger charge is 2.25. The van der Waals surface area contributed by atoms with Crippen LogP contribution in [0.25, 0.3) is 0 Å². The fourth-order valence-corrected chi connectivity index (χ4v) is 4.41. The predicted molar refractivity (Wildman–Crippen MR) is 144 cm³/mol. The lowest BCUT2D eigenvalue weighted by molar-refractivity contribution is -0.139. The van der Waals surface area contributed by atoms with Crippen LogP contribution in [-0.2, 0) is 35.0 Å². The number of carbonyl (C=O) groups is 2. The predicted octanol–water partition coefficient (Wildman–Crippen LogP) is 3.92. The molecule has 0 saturated carbocycles. The first-order valence-electron chi connectivity index (χ1n) is 11.4. The van der Waals surface area contributed by atoms with Crippen molar-refractivity contribution in [3.63, 3.8) is 0 Å². The van der Waals surface area contributed by atoms with Crippen LogP contribution >= 0.6 is 22.6 Å². The van der Waals surface area contributed by atoms with Gasteiger partial charge in [-0.05, 0) is 86.2 Å². The highest BCUT2D eigenvalue weighted by atomic mass is 127.